The van der Waals surface area contributed by atoms with Gasteiger partial charge >= 0.3 is 5.97 Å². The summed E-state index contributed by atoms with van der Waals surface area (Å²) in [4.78, 5) is 15.4. The van der Waals surface area contributed by atoms with Gasteiger partial charge in [0, 0.05) is 11.7 Å². The monoisotopic (exact) mass is 273 g/mol. The van der Waals surface area contributed by atoms with Gasteiger partial charge in [-0.3, -0.25) is 4.79 Å². The molecule has 0 bridgehead atoms. The Morgan fingerprint density at radius 3 is 2.90 bits per heavy atom. The minimum atomic E-state index is -0.851. The van der Waals surface area contributed by atoms with E-state index in [9.17, 15) is 10.1 Å². The van der Waals surface area contributed by atoms with Gasteiger partial charge in [0.25, 0.3) is 0 Å². The second-order valence-electron chi connectivity index (χ2n) is 5.55. The van der Waals surface area contributed by atoms with Crippen molar-refractivity contribution < 1.29 is 9.90 Å². The number of aryl methyl sites for hydroxylation is 2. The Balaban J connectivity index is 2.27. The SMILES string of the molecule is CC(C)C(CC(=O)O)Nc1nc2c(cc1C#N)CCC2. The Hall–Kier alpha value is -2.09. The van der Waals surface area contributed by atoms with Crippen LogP contribution in [0.5, 0.6) is 0 Å². The van der Waals surface area contributed by atoms with E-state index in [1.165, 1.54) is 0 Å². The van der Waals surface area contributed by atoms with Crippen LogP contribution in [0.3, 0.4) is 0 Å². The molecule has 0 aromatic carbocycles. The summed E-state index contributed by atoms with van der Waals surface area (Å²) in [6.07, 6.45) is 2.99. The van der Waals surface area contributed by atoms with Crippen LogP contribution in [0.2, 0.25) is 0 Å². The molecule has 0 spiro atoms. The lowest BCUT2D eigenvalue weighted by Gasteiger charge is -2.22. The number of nitrogens with zero attached hydrogens (tertiary/aromatic N) is 2. The minimum Gasteiger partial charge on any atom is -0.481 e. The predicted octanol–water partition coefficient (Wildman–Crippen LogP) is 2.35. The van der Waals surface area contributed by atoms with Crippen LogP contribution in [-0.4, -0.2) is 22.1 Å². The van der Waals surface area contributed by atoms with Crippen molar-refractivity contribution in [3.63, 3.8) is 0 Å². The van der Waals surface area contributed by atoms with E-state index < -0.39 is 5.97 Å². The number of fused-ring (bicyclic) bond motifs is 1. The van der Waals surface area contributed by atoms with Crippen LogP contribution in [0.1, 0.15) is 43.5 Å². The highest BCUT2D eigenvalue weighted by atomic mass is 16.4. The quantitative estimate of drug-likeness (QED) is 0.860. The number of carboxylic acids is 1. The lowest BCUT2D eigenvalue weighted by Crippen LogP contribution is -2.29. The Morgan fingerprint density at radius 2 is 2.30 bits per heavy atom. The lowest BCUT2D eigenvalue weighted by atomic mass is 10.0. The van der Waals surface area contributed by atoms with Crippen molar-refractivity contribution in [2.24, 2.45) is 5.92 Å². The molecule has 1 aromatic rings. The molecule has 0 saturated carbocycles. The molecular formula is C15H19N3O2. The number of carboxylic acid groups (broad SMARTS) is 1. The van der Waals surface area contributed by atoms with Gasteiger partial charge in [-0.15, -0.1) is 0 Å². The fraction of sp³-hybridized carbons (Fsp3) is 0.533. The maximum Gasteiger partial charge on any atom is 0.305 e. The van der Waals surface area contributed by atoms with Crippen LogP contribution in [-0.2, 0) is 17.6 Å². The second kappa shape index (κ2) is 5.91. The number of anilines is 1. The summed E-state index contributed by atoms with van der Waals surface area (Å²) in [5.74, 6) is -0.184. The molecule has 2 N–H and O–H groups in total. The predicted molar refractivity (Wildman–Crippen MR) is 75.5 cm³/mol. The molecule has 106 valence electrons. The van der Waals surface area contributed by atoms with E-state index in [1.54, 1.807) is 0 Å². The van der Waals surface area contributed by atoms with E-state index in [4.69, 9.17) is 5.11 Å². The van der Waals surface area contributed by atoms with E-state index in [2.05, 4.69) is 16.4 Å². The van der Waals surface area contributed by atoms with Gasteiger partial charge in [0.05, 0.1) is 12.0 Å². The number of aromatic nitrogens is 1. The highest BCUT2D eigenvalue weighted by Gasteiger charge is 2.21. The molecule has 0 amide bonds. The maximum atomic E-state index is 10.9. The summed E-state index contributed by atoms with van der Waals surface area (Å²) < 4.78 is 0. The van der Waals surface area contributed by atoms with Crippen molar-refractivity contribution in [2.75, 3.05) is 5.32 Å². The third kappa shape index (κ3) is 3.08. The van der Waals surface area contributed by atoms with Crippen molar-refractivity contribution in [2.45, 2.75) is 45.6 Å². The maximum absolute atomic E-state index is 10.9. The topological polar surface area (TPSA) is 86.0 Å². The molecule has 1 heterocycles. The molecule has 1 aromatic heterocycles. The first-order valence-corrected chi connectivity index (χ1v) is 6.92. The van der Waals surface area contributed by atoms with Crippen molar-refractivity contribution in [3.8, 4) is 6.07 Å². The summed E-state index contributed by atoms with van der Waals surface area (Å²) in [7, 11) is 0. The molecule has 0 fully saturated rings. The zero-order valence-electron chi connectivity index (χ0n) is 11.8. The van der Waals surface area contributed by atoms with Crippen LogP contribution in [0.25, 0.3) is 0 Å². The number of nitrogens with one attached hydrogen (secondary N) is 1. The number of carbonyl (C=O) groups is 1. The molecule has 0 aliphatic heterocycles. The summed E-state index contributed by atoms with van der Waals surface area (Å²) in [5.41, 5.74) is 2.68. The molecule has 0 radical (unpaired) electrons. The third-order valence-electron chi connectivity index (χ3n) is 3.69. The summed E-state index contributed by atoms with van der Waals surface area (Å²) in [6, 6.07) is 3.81. The first kappa shape index (κ1) is 14.3. The van der Waals surface area contributed by atoms with Gasteiger partial charge < -0.3 is 10.4 Å². The van der Waals surface area contributed by atoms with Crippen LogP contribution >= 0.6 is 0 Å². The van der Waals surface area contributed by atoms with Gasteiger partial charge in [-0.1, -0.05) is 13.8 Å². The van der Waals surface area contributed by atoms with Gasteiger partial charge in [0.15, 0.2) is 0 Å². The van der Waals surface area contributed by atoms with Crippen molar-refractivity contribution >= 4 is 11.8 Å². The minimum absolute atomic E-state index is 0.0152. The van der Waals surface area contributed by atoms with E-state index in [-0.39, 0.29) is 18.4 Å². The van der Waals surface area contributed by atoms with Gasteiger partial charge in [-0.2, -0.15) is 5.26 Å². The Kier molecular flexibility index (Phi) is 4.23. The van der Waals surface area contributed by atoms with Crippen LogP contribution in [0, 0.1) is 17.2 Å². The fourth-order valence-corrected chi connectivity index (χ4v) is 2.48. The van der Waals surface area contributed by atoms with Gasteiger partial charge in [-0.25, -0.2) is 4.98 Å². The van der Waals surface area contributed by atoms with Crippen LogP contribution in [0.4, 0.5) is 5.82 Å². The Bertz CT molecular complexity index is 561. The summed E-state index contributed by atoms with van der Waals surface area (Å²) in [5, 5.41) is 21.3. The molecule has 1 atom stereocenters. The number of pyridine rings is 1. The average Bonchev–Trinajstić information content (AvgIpc) is 2.83. The molecule has 0 saturated heterocycles. The average molecular weight is 273 g/mol. The normalized spacial score (nSPS) is 14.7. The van der Waals surface area contributed by atoms with Crippen molar-refractivity contribution in [3.05, 3.63) is 22.9 Å². The molecule has 20 heavy (non-hydrogen) atoms. The Morgan fingerprint density at radius 1 is 1.55 bits per heavy atom. The number of hydrogen-bond donors (Lipinski definition) is 2. The highest BCUT2D eigenvalue weighted by molar-refractivity contribution is 5.68. The lowest BCUT2D eigenvalue weighted by molar-refractivity contribution is -0.137. The first-order valence-electron chi connectivity index (χ1n) is 6.92. The van der Waals surface area contributed by atoms with Crippen molar-refractivity contribution in [1.82, 2.24) is 4.98 Å². The van der Waals surface area contributed by atoms with Gasteiger partial charge in [-0.05, 0) is 36.8 Å². The first-order chi connectivity index (χ1) is 9.51. The second-order valence-corrected chi connectivity index (χ2v) is 5.55. The zero-order chi connectivity index (χ0) is 14.7. The molecule has 5 heteroatoms. The van der Waals surface area contributed by atoms with E-state index in [1.807, 2.05) is 19.9 Å². The van der Waals surface area contributed by atoms with Crippen LogP contribution < -0.4 is 5.32 Å². The highest BCUT2D eigenvalue weighted by Crippen LogP contribution is 2.26. The van der Waals surface area contributed by atoms with E-state index in [0.29, 0.717) is 11.4 Å². The molecule has 1 aliphatic rings. The fourth-order valence-electron chi connectivity index (χ4n) is 2.48. The largest absolute Gasteiger partial charge is 0.481 e. The standard InChI is InChI=1S/C15H19N3O2/c1-9(2)13(7-14(19)20)18-15-11(8-16)6-10-4-3-5-12(10)17-15/h6,9,13H,3-5,7H2,1-2H3,(H,17,18)(H,19,20). The summed E-state index contributed by atoms with van der Waals surface area (Å²) in [6.45, 7) is 3.92. The van der Waals surface area contributed by atoms with Gasteiger partial charge in [0.2, 0.25) is 0 Å². The third-order valence-corrected chi connectivity index (χ3v) is 3.69. The smallest absolute Gasteiger partial charge is 0.305 e. The molecule has 2 rings (SSSR count). The zero-order valence-corrected chi connectivity index (χ0v) is 11.8. The molecule has 5 nitrogen and oxygen atoms in total. The van der Waals surface area contributed by atoms with E-state index in [0.717, 1.165) is 30.5 Å². The summed E-state index contributed by atoms with van der Waals surface area (Å²) >= 11 is 0. The van der Waals surface area contributed by atoms with E-state index >= 15 is 0 Å². The molecule has 1 aliphatic carbocycles. The Labute approximate surface area is 118 Å². The van der Waals surface area contributed by atoms with Gasteiger partial charge in [0.1, 0.15) is 11.9 Å². The molecular weight excluding hydrogens is 254 g/mol. The number of hydrogen-bond acceptors (Lipinski definition) is 4. The number of aliphatic carboxylic acids is 1. The number of nitriles is 1. The van der Waals surface area contributed by atoms with Crippen molar-refractivity contribution in [1.29, 1.82) is 5.26 Å². The number of rotatable bonds is 5. The van der Waals surface area contributed by atoms with Crippen LogP contribution in [0.15, 0.2) is 6.07 Å². The molecule has 1 unspecified atom stereocenters.